The fourth-order valence-corrected chi connectivity index (χ4v) is 3.81. The van der Waals surface area contributed by atoms with Crippen molar-refractivity contribution in [3.05, 3.63) is 56.6 Å². The number of halogens is 1. The second kappa shape index (κ2) is 5.04. The van der Waals surface area contributed by atoms with Crippen LogP contribution in [-0.2, 0) is 10.2 Å². The van der Waals surface area contributed by atoms with Gasteiger partial charge in [-0.25, -0.2) is 0 Å². The van der Waals surface area contributed by atoms with Gasteiger partial charge in [0, 0.05) is 21.2 Å². The number of ketones is 1. The highest BCUT2D eigenvalue weighted by atomic mass is 79.9. The maximum absolute atomic E-state index is 13.0. The second-order valence-corrected chi connectivity index (χ2v) is 9.32. The highest BCUT2D eigenvalue weighted by molar-refractivity contribution is 9.12. The summed E-state index contributed by atoms with van der Waals surface area (Å²) >= 11 is 3.69. The molecule has 120 valence electrons. The van der Waals surface area contributed by atoms with Gasteiger partial charge in [-0.05, 0) is 39.7 Å². The lowest BCUT2D eigenvalue weighted by Gasteiger charge is -2.26. The monoisotopic (exact) mass is 370 g/mol. The summed E-state index contributed by atoms with van der Waals surface area (Å²) in [6, 6.07) is 6.55. The molecule has 0 saturated carbocycles. The molecule has 0 spiro atoms. The van der Waals surface area contributed by atoms with E-state index in [1.54, 1.807) is 0 Å². The molecule has 0 unspecified atom stereocenters. The average molecular weight is 371 g/mol. The zero-order chi connectivity index (χ0) is 17.2. The number of carbonyl (C=O) groups excluding carboxylic acids is 1. The predicted octanol–water partition coefficient (Wildman–Crippen LogP) is 6.04. The van der Waals surface area contributed by atoms with Crippen molar-refractivity contribution in [3.63, 3.8) is 0 Å². The van der Waals surface area contributed by atoms with Crippen LogP contribution in [0.1, 0.15) is 58.2 Å². The van der Waals surface area contributed by atoms with Crippen LogP contribution >= 0.6 is 15.9 Å². The average Bonchev–Trinajstić information content (AvgIpc) is 2.79. The minimum atomic E-state index is -0.159. The number of hydrogen-bond acceptors (Lipinski definition) is 1. The summed E-state index contributed by atoms with van der Waals surface area (Å²) in [6.07, 6.45) is 4.06. The topological polar surface area (TPSA) is 17.1 Å². The van der Waals surface area contributed by atoms with Crippen LogP contribution in [0, 0.1) is 5.41 Å². The maximum atomic E-state index is 13.0. The number of carbonyl (C=O) groups is 1. The normalized spacial score (nSPS) is 17.8. The Labute approximate surface area is 147 Å². The van der Waals surface area contributed by atoms with E-state index >= 15 is 0 Å². The Morgan fingerprint density at radius 1 is 0.913 bits per heavy atom. The summed E-state index contributed by atoms with van der Waals surface area (Å²) in [5.74, 6) is 0.157. The van der Waals surface area contributed by atoms with Crippen molar-refractivity contribution in [2.75, 3.05) is 0 Å². The Bertz CT molecular complexity index is 805. The Morgan fingerprint density at radius 2 is 1.57 bits per heavy atom. The molecule has 1 aromatic rings. The van der Waals surface area contributed by atoms with Crippen molar-refractivity contribution in [2.24, 2.45) is 5.41 Å². The van der Waals surface area contributed by atoms with E-state index in [1.807, 2.05) is 6.08 Å². The van der Waals surface area contributed by atoms with Crippen LogP contribution in [-0.4, -0.2) is 5.78 Å². The quantitative estimate of drug-likeness (QED) is 0.543. The third-order valence-corrected chi connectivity index (χ3v) is 5.19. The van der Waals surface area contributed by atoms with Gasteiger partial charge >= 0.3 is 0 Å². The largest absolute Gasteiger partial charge is 0.289 e. The van der Waals surface area contributed by atoms with Crippen LogP contribution in [0.15, 0.2) is 39.9 Å². The first-order valence-corrected chi connectivity index (χ1v) is 8.83. The fraction of sp³-hybridized carbons (Fsp3) is 0.381. The molecule has 2 aliphatic rings. The Hall–Kier alpha value is -1.41. The molecule has 0 N–H and O–H groups in total. The van der Waals surface area contributed by atoms with E-state index in [2.05, 4.69) is 81.7 Å². The van der Waals surface area contributed by atoms with Gasteiger partial charge in [-0.2, -0.15) is 0 Å². The summed E-state index contributed by atoms with van der Waals surface area (Å²) in [4.78, 5) is 13.0. The van der Waals surface area contributed by atoms with Gasteiger partial charge in [-0.15, -0.1) is 0 Å². The van der Waals surface area contributed by atoms with Gasteiger partial charge in [0.2, 0.25) is 0 Å². The molecule has 0 saturated heterocycles. The SMILES string of the molecule is CC(C)(C)C1=CC(Br)=C2C(=Cc3cc(C(C)(C)C)ccc32)C1=O. The lowest BCUT2D eigenvalue weighted by atomic mass is 9.78. The van der Waals surface area contributed by atoms with Gasteiger partial charge in [0.1, 0.15) is 0 Å². The van der Waals surface area contributed by atoms with Crippen molar-refractivity contribution < 1.29 is 4.79 Å². The maximum Gasteiger partial charge on any atom is 0.190 e. The van der Waals surface area contributed by atoms with Gasteiger partial charge in [0.05, 0.1) is 0 Å². The molecule has 0 heterocycles. The van der Waals surface area contributed by atoms with Gasteiger partial charge in [-0.3, -0.25) is 4.79 Å². The molecule has 1 nitrogen and oxygen atoms in total. The zero-order valence-corrected chi connectivity index (χ0v) is 16.3. The van der Waals surface area contributed by atoms with Crippen LogP contribution in [0.5, 0.6) is 0 Å². The molecule has 0 radical (unpaired) electrons. The van der Waals surface area contributed by atoms with E-state index in [0.717, 1.165) is 32.3 Å². The molecule has 0 aromatic heterocycles. The van der Waals surface area contributed by atoms with Crippen LogP contribution in [0.25, 0.3) is 11.6 Å². The number of rotatable bonds is 0. The summed E-state index contributed by atoms with van der Waals surface area (Å²) in [7, 11) is 0. The minimum absolute atomic E-state index is 0.103. The smallest absolute Gasteiger partial charge is 0.190 e. The molecule has 2 aliphatic carbocycles. The minimum Gasteiger partial charge on any atom is -0.289 e. The lowest BCUT2D eigenvalue weighted by Crippen LogP contribution is -2.22. The number of hydrogen-bond donors (Lipinski definition) is 0. The zero-order valence-electron chi connectivity index (χ0n) is 14.7. The predicted molar refractivity (Wildman–Crippen MR) is 102 cm³/mol. The van der Waals surface area contributed by atoms with Crippen molar-refractivity contribution in [2.45, 2.75) is 47.0 Å². The van der Waals surface area contributed by atoms with Crippen molar-refractivity contribution in [3.8, 4) is 0 Å². The van der Waals surface area contributed by atoms with Crippen LogP contribution < -0.4 is 0 Å². The van der Waals surface area contributed by atoms with Gasteiger partial charge < -0.3 is 0 Å². The standard InChI is InChI=1S/C21H23BrO/c1-20(2,3)13-7-8-14-12(9-13)10-15-18(14)17(22)11-16(19(15)23)21(4,5)6/h7-11H,1-6H3. The summed E-state index contributed by atoms with van der Waals surface area (Å²) in [5.41, 5.74) is 6.26. The summed E-state index contributed by atoms with van der Waals surface area (Å²) in [6.45, 7) is 12.9. The van der Waals surface area contributed by atoms with E-state index < -0.39 is 0 Å². The van der Waals surface area contributed by atoms with Crippen molar-refractivity contribution >= 4 is 33.4 Å². The van der Waals surface area contributed by atoms with E-state index in [-0.39, 0.29) is 16.6 Å². The molecule has 0 fully saturated rings. The molecule has 0 atom stereocenters. The molecule has 1 aromatic carbocycles. The Kier molecular flexibility index (Phi) is 3.61. The van der Waals surface area contributed by atoms with Crippen LogP contribution in [0.3, 0.4) is 0 Å². The molecule has 23 heavy (non-hydrogen) atoms. The van der Waals surface area contributed by atoms with E-state index in [4.69, 9.17) is 0 Å². The molecule has 0 bridgehead atoms. The Morgan fingerprint density at radius 3 is 2.13 bits per heavy atom. The van der Waals surface area contributed by atoms with Gasteiger partial charge in [-0.1, -0.05) is 75.7 Å². The lowest BCUT2D eigenvalue weighted by molar-refractivity contribution is -0.112. The van der Waals surface area contributed by atoms with Gasteiger partial charge in [0.15, 0.2) is 5.78 Å². The highest BCUT2D eigenvalue weighted by Gasteiger charge is 2.35. The molecule has 3 rings (SSSR count). The van der Waals surface area contributed by atoms with E-state index in [9.17, 15) is 4.79 Å². The van der Waals surface area contributed by atoms with Crippen molar-refractivity contribution in [1.82, 2.24) is 0 Å². The third-order valence-electron chi connectivity index (χ3n) is 4.56. The molecule has 0 aliphatic heterocycles. The summed E-state index contributed by atoms with van der Waals surface area (Å²) < 4.78 is 1.01. The number of allylic oxidation sites excluding steroid dienone is 5. The number of Topliss-reactive ketones (excluding diaryl/α,β-unsaturated/α-hetero) is 1. The number of fused-ring (bicyclic) bond motifs is 3. The summed E-state index contributed by atoms with van der Waals surface area (Å²) in [5, 5.41) is 0. The first-order chi connectivity index (χ1) is 10.5. The van der Waals surface area contributed by atoms with E-state index in [0.29, 0.717) is 0 Å². The molecule has 0 amide bonds. The highest BCUT2D eigenvalue weighted by Crippen LogP contribution is 2.47. The number of benzene rings is 1. The molecule has 2 heteroatoms. The third kappa shape index (κ3) is 2.67. The van der Waals surface area contributed by atoms with E-state index in [1.165, 1.54) is 5.56 Å². The van der Waals surface area contributed by atoms with Crippen LogP contribution in [0.4, 0.5) is 0 Å². The van der Waals surface area contributed by atoms with Crippen LogP contribution in [0.2, 0.25) is 0 Å². The van der Waals surface area contributed by atoms with Gasteiger partial charge in [0.25, 0.3) is 0 Å². The molecular weight excluding hydrogens is 348 g/mol. The van der Waals surface area contributed by atoms with Crippen molar-refractivity contribution in [1.29, 1.82) is 0 Å². The molecular formula is C21H23BrO. The Balaban J connectivity index is 2.18. The fourth-order valence-electron chi connectivity index (χ4n) is 3.15. The first-order valence-electron chi connectivity index (χ1n) is 8.04. The second-order valence-electron chi connectivity index (χ2n) is 8.47. The first kappa shape index (κ1) is 16.4.